The van der Waals surface area contributed by atoms with Gasteiger partial charge in [-0.1, -0.05) is 0 Å². The van der Waals surface area contributed by atoms with Gasteiger partial charge in [0.25, 0.3) is 5.91 Å². The second-order valence-corrected chi connectivity index (χ2v) is 10.0. The summed E-state index contributed by atoms with van der Waals surface area (Å²) < 4.78 is 24.8. The summed E-state index contributed by atoms with van der Waals surface area (Å²) in [4.78, 5) is 12.6. The van der Waals surface area contributed by atoms with Crippen molar-refractivity contribution in [3.8, 4) is 0 Å². The zero-order valence-electron chi connectivity index (χ0n) is 14.0. The standard InChI is InChI=1S/C16H25N3O3S/c1-16(2,3)19-14(8-13(18-19)12-4-5-12)15(20)17-9-11-6-7-23(21,22)10-11/h8,11-12H,4-7,9-10H2,1-3H3,(H,17,20)/t11-/m0/s1. The van der Waals surface area contributed by atoms with E-state index in [1.54, 1.807) is 4.68 Å². The van der Waals surface area contributed by atoms with Crippen LogP contribution in [0.1, 0.15) is 62.1 Å². The lowest BCUT2D eigenvalue weighted by atomic mass is 10.1. The van der Waals surface area contributed by atoms with E-state index in [2.05, 4.69) is 10.4 Å². The Hall–Kier alpha value is -1.37. The van der Waals surface area contributed by atoms with Crippen molar-refractivity contribution in [2.45, 2.75) is 51.5 Å². The molecule has 1 aliphatic carbocycles. The van der Waals surface area contributed by atoms with Gasteiger partial charge in [-0.25, -0.2) is 8.42 Å². The molecule has 1 aromatic rings. The van der Waals surface area contributed by atoms with Gasteiger partial charge in [0.05, 0.1) is 22.7 Å². The minimum absolute atomic E-state index is 0.0258. The van der Waals surface area contributed by atoms with E-state index in [9.17, 15) is 13.2 Å². The van der Waals surface area contributed by atoms with Crippen molar-refractivity contribution >= 4 is 15.7 Å². The van der Waals surface area contributed by atoms with E-state index in [1.807, 2.05) is 26.8 Å². The largest absolute Gasteiger partial charge is 0.350 e. The number of aromatic nitrogens is 2. The van der Waals surface area contributed by atoms with Crippen LogP contribution in [-0.4, -0.2) is 42.2 Å². The fraction of sp³-hybridized carbons (Fsp3) is 0.750. The SMILES string of the molecule is CC(C)(C)n1nc(C2CC2)cc1C(=O)NC[C@@H]1CCS(=O)(=O)C1. The lowest BCUT2D eigenvalue weighted by molar-refractivity contribution is 0.0930. The Labute approximate surface area is 137 Å². The van der Waals surface area contributed by atoms with Crippen LogP contribution in [0.5, 0.6) is 0 Å². The highest BCUT2D eigenvalue weighted by atomic mass is 32.2. The third-order valence-electron chi connectivity index (χ3n) is 4.47. The Morgan fingerprint density at radius 3 is 2.57 bits per heavy atom. The third kappa shape index (κ3) is 3.76. The summed E-state index contributed by atoms with van der Waals surface area (Å²) in [7, 11) is -2.91. The molecule has 1 saturated carbocycles. The first-order chi connectivity index (χ1) is 10.7. The van der Waals surface area contributed by atoms with Crippen LogP contribution in [0.4, 0.5) is 0 Å². The van der Waals surface area contributed by atoms with Crippen LogP contribution in [0.25, 0.3) is 0 Å². The van der Waals surface area contributed by atoms with Crippen LogP contribution in [0, 0.1) is 5.92 Å². The van der Waals surface area contributed by atoms with Crippen molar-refractivity contribution in [2.75, 3.05) is 18.1 Å². The van der Waals surface area contributed by atoms with Crippen LogP contribution in [0.2, 0.25) is 0 Å². The third-order valence-corrected chi connectivity index (χ3v) is 6.31. The molecule has 2 heterocycles. The number of nitrogens with zero attached hydrogens (tertiary/aromatic N) is 2. The maximum atomic E-state index is 12.6. The van der Waals surface area contributed by atoms with Crippen molar-refractivity contribution < 1.29 is 13.2 Å². The normalized spacial score (nSPS) is 23.9. The number of carbonyl (C=O) groups is 1. The van der Waals surface area contributed by atoms with Gasteiger partial charge in [-0.05, 0) is 52.0 Å². The quantitative estimate of drug-likeness (QED) is 0.905. The maximum absolute atomic E-state index is 12.6. The van der Waals surface area contributed by atoms with Crippen molar-refractivity contribution in [1.29, 1.82) is 0 Å². The Morgan fingerprint density at radius 2 is 2.04 bits per heavy atom. The van der Waals surface area contributed by atoms with Crippen LogP contribution in [0.3, 0.4) is 0 Å². The van der Waals surface area contributed by atoms with E-state index < -0.39 is 9.84 Å². The molecule has 6 nitrogen and oxygen atoms in total. The van der Waals surface area contributed by atoms with E-state index in [4.69, 9.17) is 0 Å². The molecule has 0 spiro atoms. The Bertz CT molecular complexity index is 711. The smallest absolute Gasteiger partial charge is 0.269 e. The zero-order chi connectivity index (χ0) is 16.8. The molecule has 0 aromatic carbocycles. The summed E-state index contributed by atoms with van der Waals surface area (Å²) in [5.74, 6) is 0.768. The fourth-order valence-electron chi connectivity index (χ4n) is 3.01. The molecule has 1 aromatic heterocycles. The van der Waals surface area contributed by atoms with Gasteiger partial charge in [0.15, 0.2) is 9.84 Å². The lowest BCUT2D eigenvalue weighted by Gasteiger charge is -2.22. The first kappa shape index (κ1) is 16.5. The fourth-order valence-corrected chi connectivity index (χ4v) is 4.87. The number of hydrogen-bond acceptors (Lipinski definition) is 4. The molecule has 1 N–H and O–H groups in total. The van der Waals surface area contributed by atoms with E-state index in [0.717, 1.165) is 18.5 Å². The highest BCUT2D eigenvalue weighted by Crippen LogP contribution is 2.40. The number of rotatable bonds is 4. The van der Waals surface area contributed by atoms with Gasteiger partial charge in [0.1, 0.15) is 5.69 Å². The van der Waals surface area contributed by atoms with Gasteiger partial charge in [0.2, 0.25) is 0 Å². The first-order valence-electron chi connectivity index (χ1n) is 8.25. The number of carbonyl (C=O) groups excluding carboxylic acids is 1. The van der Waals surface area contributed by atoms with Crippen molar-refractivity contribution in [1.82, 2.24) is 15.1 Å². The summed E-state index contributed by atoms with van der Waals surface area (Å²) in [6.07, 6.45) is 2.92. The highest BCUT2D eigenvalue weighted by molar-refractivity contribution is 7.91. The van der Waals surface area contributed by atoms with Crippen LogP contribution < -0.4 is 5.32 Å². The molecule has 0 radical (unpaired) electrons. The molecule has 1 aliphatic heterocycles. The molecule has 7 heteroatoms. The molecule has 1 atom stereocenters. The lowest BCUT2D eigenvalue weighted by Crippen LogP contribution is -2.34. The van der Waals surface area contributed by atoms with Gasteiger partial charge >= 0.3 is 0 Å². The molecule has 1 amide bonds. The van der Waals surface area contributed by atoms with Crippen LogP contribution in [-0.2, 0) is 15.4 Å². The second-order valence-electron chi connectivity index (χ2n) is 7.79. The van der Waals surface area contributed by atoms with Crippen molar-refractivity contribution in [3.63, 3.8) is 0 Å². The minimum Gasteiger partial charge on any atom is -0.350 e. The van der Waals surface area contributed by atoms with Gasteiger partial charge in [-0.3, -0.25) is 9.48 Å². The van der Waals surface area contributed by atoms with Gasteiger partial charge in [0, 0.05) is 12.5 Å². The number of sulfone groups is 1. The van der Waals surface area contributed by atoms with E-state index in [-0.39, 0.29) is 28.9 Å². The minimum atomic E-state index is -2.91. The maximum Gasteiger partial charge on any atom is 0.269 e. The summed E-state index contributed by atoms with van der Waals surface area (Å²) in [5, 5.41) is 7.53. The van der Waals surface area contributed by atoms with Crippen molar-refractivity contribution in [3.05, 3.63) is 17.5 Å². The molecule has 2 aliphatic rings. The second kappa shape index (κ2) is 5.61. The Kier molecular flexibility index (Phi) is 4.02. The molecule has 1 saturated heterocycles. The molecule has 3 rings (SSSR count). The van der Waals surface area contributed by atoms with Crippen LogP contribution >= 0.6 is 0 Å². The molecular weight excluding hydrogens is 314 g/mol. The number of amides is 1. The molecule has 23 heavy (non-hydrogen) atoms. The van der Waals surface area contributed by atoms with Crippen LogP contribution in [0.15, 0.2) is 6.07 Å². The van der Waals surface area contributed by atoms with Gasteiger partial charge in [-0.2, -0.15) is 5.10 Å². The number of hydrogen-bond donors (Lipinski definition) is 1. The highest BCUT2D eigenvalue weighted by Gasteiger charge is 2.32. The average Bonchev–Trinajstić information content (AvgIpc) is 3.08. The van der Waals surface area contributed by atoms with Gasteiger partial charge < -0.3 is 5.32 Å². The topological polar surface area (TPSA) is 81.1 Å². The summed E-state index contributed by atoms with van der Waals surface area (Å²) in [5.41, 5.74) is 1.30. The molecule has 0 bridgehead atoms. The Morgan fingerprint density at radius 1 is 1.35 bits per heavy atom. The molecule has 128 valence electrons. The zero-order valence-corrected chi connectivity index (χ0v) is 14.8. The van der Waals surface area contributed by atoms with Gasteiger partial charge in [-0.15, -0.1) is 0 Å². The van der Waals surface area contributed by atoms with Crippen molar-refractivity contribution in [2.24, 2.45) is 5.92 Å². The summed E-state index contributed by atoms with van der Waals surface area (Å²) in [6, 6.07) is 1.89. The predicted octanol–water partition coefficient (Wildman–Crippen LogP) is 1.68. The monoisotopic (exact) mass is 339 g/mol. The molecular formula is C16H25N3O3S. The molecule has 0 unspecified atom stereocenters. The predicted molar refractivity (Wildman–Crippen MR) is 88.3 cm³/mol. The Balaban J connectivity index is 1.71. The van der Waals surface area contributed by atoms with E-state index in [1.165, 1.54) is 0 Å². The number of nitrogens with one attached hydrogen (secondary N) is 1. The van der Waals surface area contributed by atoms with E-state index >= 15 is 0 Å². The average molecular weight is 339 g/mol. The molecule has 2 fully saturated rings. The first-order valence-corrected chi connectivity index (χ1v) is 10.1. The van der Waals surface area contributed by atoms with E-state index in [0.29, 0.717) is 24.6 Å². The summed E-state index contributed by atoms with van der Waals surface area (Å²) in [6.45, 7) is 6.48. The summed E-state index contributed by atoms with van der Waals surface area (Å²) >= 11 is 0.